The fraction of sp³-hybridized carbons (Fsp3) is 0.650. The minimum Gasteiger partial charge on any atom is -0.452 e. The number of aromatic nitrogens is 1. The van der Waals surface area contributed by atoms with Gasteiger partial charge in [-0.05, 0) is 38.3 Å². The molecule has 2 atom stereocenters. The molecule has 12 heteroatoms. The highest BCUT2D eigenvalue weighted by atomic mass is 32.2. The number of ether oxygens (including phenoxy) is 1. The number of amides is 1. The lowest BCUT2D eigenvalue weighted by Gasteiger charge is -2.32. The predicted octanol–water partition coefficient (Wildman–Crippen LogP) is 1.89. The third kappa shape index (κ3) is 5.70. The smallest absolute Gasteiger partial charge is 0.417 e. The van der Waals surface area contributed by atoms with E-state index in [4.69, 9.17) is 4.74 Å². The number of carbonyl (C=O) groups excluding carboxylic acids is 2. The monoisotopic (exact) mass is 477 g/mol. The summed E-state index contributed by atoms with van der Waals surface area (Å²) >= 11 is 0. The van der Waals surface area contributed by atoms with Gasteiger partial charge in [0.2, 0.25) is 0 Å². The molecule has 0 bridgehead atoms. The lowest BCUT2D eigenvalue weighted by molar-refractivity contribution is -0.163. The number of halogens is 3. The van der Waals surface area contributed by atoms with Crippen molar-refractivity contribution in [1.29, 1.82) is 0 Å². The number of pyridine rings is 1. The lowest BCUT2D eigenvalue weighted by atomic mass is 9.97. The van der Waals surface area contributed by atoms with Gasteiger partial charge in [0.25, 0.3) is 5.91 Å². The number of anilines is 1. The molecule has 1 aromatic rings. The van der Waals surface area contributed by atoms with Crippen molar-refractivity contribution in [3.05, 3.63) is 23.9 Å². The maximum atomic E-state index is 12.7. The molecule has 3 rings (SSSR count). The van der Waals surface area contributed by atoms with E-state index in [1.54, 1.807) is 4.90 Å². The number of nitrogens with zero attached hydrogens (tertiary/aromatic N) is 3. The highest BCUT2D eigenvalue weighted by Crippen LogP contribution is 2.30. The number of rotatable bonds is 5. The first-order valence-corrected chi connectivity index (χ1v) is 12.2. The summed E-state index contributed by atoms with van der Waals surface area (Å²) in [7, 11) is -1.64. The Kier molecular flexibility index (Phi) is 7.01. The summed E-state index contributed by atoms with van der Waals surface area (Å²) in [5, 5.41) is 0. The number of sulfone groups is 1. The first-order chi connectivity index (χ1) is 14.9. The number of esters is 1. The van der Waals surface area contributed by atoms with Crippen LogP contribution in [0.5, 0.6) is 0 Å². The van der Waals surface area contributed by atoms with Crippen LogP contribution in [0.15, 0.2) is 18.3 Å². The van der Waals surface area contributed by atoms with E-state index in [2.05, 4.69) is 4.98 Å². The van der Waals surface area contributed by atoms with Gasteiger partial charge in [0.05, 0.1) is 23.0 Å². The zero-order valence-electron chi connectivity index (χ0n) is 17.8. The van der Waals surface area contributed by atoms with Crippen molar-refractivity contribution >= 4 is 27.5 Å². The van der Waals surface area contributed by atoms with E-state index in [0.717, 1.165) is 12.3 Å². The van der Waals surface area contributed by atoms with E-state index in [-0.39, 0.29) is 11.5 Å². The van der Waals surface area contributed by atoms with Gasteiger partial charge >= 0.3 is 12.1 Å². The summed E-state index contributed by atoms with van der Waals surface area (Å²) in [5.74, 6) is -1.05. The van der Waals surface area contributed by atoms with Gasteiger partial charge in [-0.25, -0.2) is 13.4 Å². The third-order valence-corrected chi connectivity index (χ3v) is 7.72. The summed E-state index contributed by atoms with van der Waals surface area (Å²) in [6.45, 7) is 2.29. The topological polar surface area (TPSA) is 96.9 Å². The Morgan fingerprint density at radius 3 is 2.38 bits per heavy atom. The van der Waals surface area contributed by atoms with Crippen LogP contribution in [0.1, 0.15) is 31.7 Å². The fourth-order valence-corrected chi connectivity index (χ4v) is 5.73. The molecule has 1 amide bonds. The Morgan fingerprint density at radius 2 is 1.88 bits per heavy atom. The highest BCUT2D eigenvalue weighted by molar-refractivity contribution is 7.91. The zero-order valence-corrected chi connectivity index (χ0v) is 18.7. The van der Waals surface area contributed by atoms with Crippen LogP contribution in [0, 0.1) is 5.92 Å². The van der Waals surface area contributed by atoms with E-state index in [0.29, 0.717) is 38.2 Å². The normalized spacial score (nSPS) is 22.4. The summed E-state index contributed by atoms with van der Waals surface area (Å²) < 4.78 is 66.6. The molecule has 178 valence electrons. The largest absolute Gasteiger partial charge is 0.452 e. The van der Waals surface area contributed by atoms with Crippen molar-refractivity contribution in [2.24, 2.45) is 5.92 Å². The molecule has 0 radical (unpaired) electrons. The molecule has 2 saturated heterocycles. The van der Waals surface area contributed by atoms with Crippen LogP contribution in [0.3, 0.4) is 0 Å². The molecule has 32 heavy (non-hydrogen) atoms. The second-order valence-electron chi connectivity index (χ2n) is 8.25. The molecule has 0 spiro atoms. The Morgan fingerprint density at radius 1 is 1.22 bits per heavy atom. The average Bonchev–Trinajstić information content (AvgIpc) is 3.11. The number of piperidine rings is 1. The predicted molar refractivity (Wildman–Crippen MR) is 110 cm³/mol. The minimum absolute atomic E-state index is 0.0375. The highest BCUT2D eigenvalue weighted by Gasteiger charge is 2.36. The average molecular weight is 478 g/mol. The Labute approximate surface area is 184 Å². The van der Waals surface area contributed by atoms with Gasteiger partial charge in [-0.3, -0.25) is 9.59 Å². The Hall–Kier alpha value is -2.37. The molecule has 1 aromatic heterocycles. The molecule has 0 aromatic carbocycles. The number of hydrogen-bond donors (Lipinski definition) is 0. The van der Waals surface area contributed by atoms with Crippen molar-refractivity contribution in [2.75, 3.05) is 36.5 Å². The first kappa shape index (κ1) is 24.3. The lowest BCUT2D eigenvalue weighted by Crippen LogP contribution is -2.45. The molecule has 2 aliphatic rings. The van der Waals surface area contributed by atoms with E-state index in [9.17, 15) is 31.2 Å². The van der Waals surface area contributed by atoms with Crippen LogP contribution in [0.25, 0.3) is 0 Å². The molecule has 0 aliphatic carbocycles. The molecule has 2 aliphatic heterocycles. The standard InChI is InChI=1S/C20H26F3N3O5S/c1-13(18(27)25(2)16-7-10-32(29,30)12-16)31-19(28)14-5-8-26(9-6-14)17-4-3-15(11-24-17)20(21,22)23/h3-4,11,13-14,16H,5-10,12H2,1-2H3/t13-,16-/m1/s1. The van der Waals surface area contributed by atoms with Crippen molar-refractivity contribution in [1.82, 2.24) is 9.88 Å². The van der Waals surface area contributed by atoms with Gasteiger partial charge < -0.3 is 14.5 Å². The van der Waals surface area contributed by atoms with Crippen molar-refractivity contribution in [3.63, 3.8) is 0 Å². The summed E-state index contributed by atoms with van der Waals surface area (Å²) in [4.78, 5) is 32.1. The fourth-order valence-electron chi connectivity index (χ4n) is 3.95. The van der Waals surface area contributed by atoms with Gasteiger partial charge in [-0.2, -0.15) is 13.2 Å². The first-order valence-electron chi connectivity index (χ1n) is 10.3. The molecule has 8 nitrogen and oxygen atoms in total. The molecule has 0 unspecified atom stereocenters. The second kappa shape index (κ2) is 9.24. The molecular formula is C20H26F3N3O5S. The zero-order chi connectivity index (χ0) is 23.7. The molecule has 0 N–H and O–H groups in total. The van der Waals surface area contributed by atoms with Crippen molar-refractivity contribution < 1.29 is 35.9 Å². The van der Waals surface area contributed by atoms with Crippen LogP contribution in [-0.2, 0) is 30.3 Å². The van der Waals surface area contributed by atoms with Crippen molar-refractivity contribution in [2.45, 2.75) is 44.5 Å². The SMILES string of the molecule is C[C@@H](OC(=O)C1CCN(c2ccc(C(F)(F)F)cn2)CC1)C(=O)N(C)[C@@H]1CCS(=O)(=O)C1. The van der Waals surface area contributed by atoms with E-state index in [1.165, 1.54) is 24.9 Å². The van der Waals surface area contributed by atoms with Crippen molar-refractivity contribution in [3.8, 4) is 0 Å². The number of hydrogen-bond acceptors (Lipinski definition) is 7. The maximum Gasteiger partial charge on any atom is 0.417 e. The van der Waals surface area contributed by atoms with E-state index in [1.807, 2.05) is 0 Å². The number of alkyl halides is 3. The second-order valence-corrected chi connectivity index (χ2v) is 10.5. The Bertz CT molecular complexity index is 944. The molecule has 2 fully saturated rings. The maximum absolute atomic E-state index is 12.7. The molecular weight excluding hydrogens is 451 g/mol. The summed E-state index contributed by atoms with van der Waals surface area (Å²) in [6.07, 6.45) is -3.50. The third-order valence-electron chi connectivity index (χ3n) is 5.97. The van der Waals surface area contributed by atoms with Gasteiger partial charge in [-0.15, -0.1) is 0 Å². The van der Waals surface area contributed by atoms with E-state index < -0.39 is 51.5 Å². The van der Waals surface area contributed by atoms with Crippen LogP contribution in [-0.4, -0.2) is 74.0 Å². The van der Waals surface area contributed by atoms with Gasteiger partial charge in [0.15, 0.2) is 15.9 Å². The minimum atomic E-state index is -4.45. The molecule has 0 saturated carbocycles. The Balaban J connectivity index is 1.49. The van der Waals surface area contributed by atoms with Gasteiger partial charge in [-0.1, -0.05) is 0 Å². The van der Waals surface area contributed by atoms with Crippen LogP contribution in [0.2, 0.25) is 0 Å². The van der Waals surface area contributed by atoms with Crippen LogP contribution < -0.4 is 4.90 Å². The number of carbonyl (C=O) groups is 2. The number of likely N-dealkylation sites (N-methyl/N-ethyl adjacent to an activating group) is 1. The molecule has 3 heterocycles. The summed E-state index contributed by atoms with van der Waals surface area (Å²) in [5.41, 5.74) is -0.821. The quantitative estimate of drug-likeness (QED) is 0.598. The van der Waals surface area contributed by atoms with Gasteiger partial charge in [0.1, 0.15) is 5.82 Å². The van der Waals surface area contributed by atoms with Crippen LogP contribution >= 0.6 is 0 Å². The van der Waals surface area contributed by atoms with E-state index >= 15 is 0 Å². The van der Waals surface area contributed by atoms with Crippen LogP contribution in [0.4, 0.5) is 19.0 Å². The van der Waals surface area contributed by atoms with Gasteiger partial charge in [0, 0.05) is 32.4 Å². The summed E-state index contributed by atoms with van der Waals surface area (Å²) in [6, 6.07) is 1.86.